The molecule has 2 rings (SSSR count). The van der Waals surface area contributed by atoms with Gasteiger partial charge in [0.1, 0.15) is 5.82 Å². The predicted octanol–water partition coefficient (Wildman–Crippen LogP) is 2.19. The summed E-state index contributed by atoms with van der Waals surface area (Å²) in [6, 6.07) is 3.92. The summed E-state index contributed by atoms with van der Waals surface area (Å²) in [5.74, 6) is 0.926. The smallest absolute Gasteiger partial charge is 0.133 e. The number of nitrogens with two attached hydrogens (primary N) is 1. The average molecular weight is 248 g/mol. The molecule has 2 heterocycles. The van der Waals surface area contributed by atoms with Crippen molar-refractivity contribution in [3.63, 3.8) is 0 Å². The summed E-state index contributed by atoms with van der Waals surface area (Å²) in [7, 11) is 2.01. The second-order valence-electron chi connectivity index (χ2n) is 4.04. The molecule has 0 saturated heterocycles. The van der Waals surface area contributed by atoms with Gasteiger partial charge in [0.05, 0.1) is 17.7 Å². The zero-order valence-corrected chi connectivity index (χ0v) is 10.8. The molecule has 2 N–H and O–H groups in total. The number of rotatable bonds is 4. The number of thiazole rings is 1. The van der Waals surface area contributed by atoms with Crippen molar-refractivity contribution in [3.8, 4) is 0 Å². The molecule has 0 aliphatic rings. The van der Waals surface area contributed by atoms with Crippen LogP contribution in [0.15, 0.2) is 29.2 Å². The van der Waals surface area contributed by atoms with Gasteiger partial charge in [-0.05, 0) is 13.0 Å². The molecule has 1 unspecified atom stereocenters. The van der Waals surface area contributed by atoms with E-state index >= 15 is 0 Å². The first-order valence-electron chi connectivity index (χ1n) is 5.47. The number of pyridine rings is 1. The van der Waals surface area contributed by atoms with Crippen LogP contribution in [0.4, 0.5) is 5.82 Å². The Morgan fingerprint density at radius 2 is 2.29 bits per heavy atom. The van der Waals surface area contributed by atoms with Gasteiger partial charge in [0, 0.05) is 30.2 Å². The summed E-state index contributed by atoms with van der Waals surface area (Å²) >= 11 is 1.60. The number of aromatic nitrogens is 2. The molecule has 0 saturated carbocycles. The van der Waals surface area contributed by atoms with Crippen LogP contribution in [0.1, 0.15) is 24.2 Å². The second-order valence-corrected chi connectivity index (χ2v) is 4.76. The van der Waals surface area contributed by atoms with Crippen LogP contribution in [-0.2, 0) is 6.54 Å². The molecule has 0 bridgehead atoms. The first-order chi connectivity index (χ1) is 8.18. The van der Waals surface area contributed by atoms with E-state index in [9.17, 15) is 0 Å². The number of hydrogen-bond acceptors (Lipinski definition) is 5. The van der Waals surface area contributed by atoms with Gasteiger partial charge < -0.3 is 10.6 Å². The van der Waals surface area contributed by atoms with Gasteiger partial charge in [-0.1, -0.05) is 6.07 Å². The Morgan fingerprint density at radius 1 is 1.47 bits per heavy atom. The minimum atomic E-state index is -0.0171. The fourth-order valence-electron chi connectivity index (χ4n) is 1.72. The van der Waals surface area contributed by atoms with E-state index in [0.717, 1.165) is 23.6 Å². The monoisotopic (exact) mass is 248 g/mol. The lowest BCUT2D eigenvalue weighted by Crippen LogP contribution is -2.21. The van der Waals surface area contributed by atoms with E-state index in [0.29, 0.717) is 0 Å². The third-order valence-corrected chi connectivity index (χ3v) is 3.19. The highest BCUT2D eigenvalue weighted by molar-refractivity contribution is 7.07. The van der Waals surface area contributed by atoms with Gasteiger partial charge in [0.2, 0.25) is 0 Å². The summed E-state index contributed by atoms with van der Waals surface area (Å²) in [4.78, 5) is 10.8. The molecule has 0 aliphatic heterocycles. The van der Waals surface area contributed by atoms with E-state index in [-0.39, 0.29) is 6.04 Å². The molecule has 17 heavy (non-hydrogen) atoms. The lowest BCUT2D eigenvalue weighted by molar-refractivity contribution is 0.785. The van der Waals surface area contributed by atoms with Crippen LogP contribution in [0, 0.1) is 0 Å². The lowest BCUT2D eigenvalue weighted by atomic mass is 10.1. The van der Waals surface area contributed by atoms with Crippen LogP contribution in [0.2, 0.25) is 0 Å². The first kappa shape index (κ1) is 12.0. The van der Waals surface area contributed by atoms with E-state index in [4.69, 9.17) is 5.73 Å². The highest BCUT2D eigenvalue weighted by Gasteiger charge is 2.12. The summed E-state index contributed by atoms with van der Waals surface area (Å²) in [5.41, 5.74) is 9.90. The van der Waals surface area contributed by atoms with Gasteiger partial charge in [0.25, 0.3) is 0 Å². The molecule has 0 spiro atoms. The highest BCUT2D eigenvalue weighted by atomic mass is 32.1. The maximum Gasteiger partial charge on any atom is 0.133 e. The van der Waals surface area contributed by atoms with Crippen molar-refractivity contribution < 1.29 is 0 Å². The van der Waals surface area contributed by atoms with Crippen molar-refractivity contribution >= 4 is 17.2 Å². The van der Waals surface area contributed by atoms with Gasteiger partial charge in [-0.25, -0.2) is 9.97 Å². The molecule has 4 nitrogen and oxygen atoms in total. The Hall–Kier alpha value is -1.46. The van der Waals surface area contributed by atoms with Gasteiger partial charge in [-0.15, -0.1) is 11.3 Å². The van der Waals surface area contributed by atoms with E-state index in [1.165, 1.54) is 0 Å². The SMILES string of the molecule is CC(N)c1cccnc1N(C)Cc1cscn1. The van der Waals surface area contributed by atoms with Crippen LogP contribution in [-0.4, -0.2) is 17.0 Å². The summed E-state index contributed by atoms with van der Waals surface area (Å²) < 4.78 is 0. The molecule has 0 radical (unpaired) electrons. The first-order valence-corrected chi connectivity index (χ1v) is 6.41. The molecule has 90 valence electrons. The highest BCUT2D eigenvalue weighted by Crippen LogP contribution is 2.22. The van der Waals surface area contributed by atoms with Crippen molar-refractivity contribution in [2.24, 2.45) is 5.73 Å². The molecule has 2 aromatic heterocycles. The number of hydrogen-bond donors (Lipinski definition) is 1. The molecular formula is C12H16N4S. The number of nitrogens with zero attached hydrogens (tertiary/aromatic N) is 3. The Kier molecular flexibility index (Phi) is 3.71. The van der Waals surface area contributed by atoms with Crippen LogP contribution >= 0.6 is 11.3 Å². The van der Waals surface area contributed by atoms with Crippen LogP contribution in [0.25, 0.3) is 0 Å². The molecule has 2 aromatic rings. The fraction of sp³-hybridized carbons (Fsp3) is 0.333. The third-order valence-electron chi connectivity index (χ3n) is 2.55. The Morgan fingerprint density at radius 3 is 2.94 bits per heavy atom. The van der Waals surface area contributed by atoms with Gasteiger partial charge >= 0.3 is 0 Å². The minimum absolute atomic E-state index is 0.0171. The standard InChI is InChI=1S/C12H16N4S/c1-9(13)11-4-3-5-14-12(11)16(2)6-10-7-17-8-15-10/h3-5,7-9H,6,13H2,1-2H3. The van der Waals surface area contributed by atoms with Crippen molar-refractivity contribution in [2.45, 2.75) is 19.5 Å². The zero-order chi connectivity index (χ0) is 12.3. The van der Waals surface area contributed by atoms with Crippen molar-refractivity contribution in [3.05, 3.63) is 40.5 Å². The molecule has 0 amide bonds. The lowest BCUT2D eigenvalue weighted by Gasteiger charge is -2.21. The quantitative estimate of drug-likeness (QED) is 0.901. The third kappa shape index (κ3) is 2.81. The van der Waals surface area contributed by atoms with Crippen LogP contribution in [0.5, 0.6) is 0 Å². The normalized spacial score (nSPS) is 12.4. The maximum atomic E-state index is 5.95. The Bertz CT molecular complexity index is 467. The summed E-state index contributed by atoms with van der Waals surface area (Å²) in [5, 5.41) is 2.05. The molecule has 0 aliphatic carbocycles. The maximum absolute atomic E-state index is 5.95. The summed E-state index contributed by atoms with van der Waals surface area (Å²) in [6.07, 6.45) is 1.79. The molecule has 0 aromatic carbocycles. The molecular weight excluding hydrogens is 232 g/mol. The van der Waals surface area contributed by atoms with E-state index in [2.05, 4.69) is 14.9 Å². The topological polar surface area (TPSA) is 55.0 Å². The second kappa shape index (κ2) is 5.25. The predicted molar refractivity (Wildman–Crippen MR) is 71.1 cm³/mol. The molecule has 0 fully saturated rings. The van der Waals surface area contributed by atoms with Gasteiger partial charge in [-0.2, -0.15) is 0 Å². The summed E-state index contributed by atoms with van der Waals surface area (Å²) in [6.45, 7) is 2.72. The van der Waals surface area contributed by atoms with E-state index in [1.54, 1.807) is 17.5 Å². The average Bonchev–Trinajstić information content (AvgIpc) is 2.81. The minimum Gasteiger partial charge on any atom is -0.353 e. The van der Waals surface area contributed by atoms with E-state index < -0.39 is 0 Å². The van der Waals surface area contributed by atoms with Gasteiger partial charge in [-0.3, -0.25) is 0 Å². The Labute approximate surface area is 105 Å². The molecule has 5 heteroatoms. The van der Waals surface area contributed by atoms with Gasteiger partial charge in [0.15, 0.2) is 0 Å². The largest absolute Gasteiger partial charge is 0.353 e. The van der Waals surface area contributed by atoms with Crippen molar-refractivity contribution in [2.75, 3.05) is 11.9 Å². The molecule has 1 atom stereocenters. The Balaban J connectivity index is 2.21. The van der Waals surface area contributed by atoms with Crippen LogP contribution < -0.4 is 10.6 Å². The fourth-order valence-corrected chi connectivity index (χ4v) is 2.27. The zero-order valence-electron chi connectivity index (χ0n) is 10.00. The van der Waals surface area contributed by atoms with Crippen molar-refractivity contribution in [1.29, 1.82) is 0 Å². The van der Waals surface area contributed by atoms with Crippen LogP contribution in [0.3, 0.4) is 0 Å². The number of anilines is 1. The van der Waals surface area contributed by atoms with Crippen molar-refractivity contribution in [1.82, 2.24) is 9.97 Å². The van der Waals surface area contributed by atoms with E-state index in [1.807, 2.05) is 37.0 Å².